The summed E-state index contributed by atoms with van der Waals surface area (Å²) in [6.45, 7) is 11.6. The van der Waals surface area contributed by atoms with E-state index in [1.807, 2.05) is 25.7 Å². The fourth-order valence-corrected chi connectivity index (χ4v) is 5.42. The van der Waals surface area contributed by atoms with Gasteiger partial charge in [-0.15, -0.1) is 0 Å². The zero-order valence-electron chi connectivity index (χ0n) is 23.2. The Morgan fingerprint density at radius 3 is 2.49 bits per heavy atom. The smallest absolute Gasteiger partial charge is 0.407 e. The second-order valence-corrected chi connectivity index (χ2v) is 11.9. The van der Waals surface area contributed by atoms with Crippen molar-refractivity contribution in [3.63, 3.8) is 0 Å². The van der Waals surface area contributed by atoms with Crippen LogP contribution in [0.5, 0.6) is 0 Å². The molecule has 4 atom stereocenters. The van der Waals surface area contributed by atoms with Gasteiger partial charge < -0.3 is 19.7 Å². The van der Waals surface area contributed by atoms with E-state index < -0.39 is 17.5 Å². The molecule has 0 spiro atoms. The second kappa shape index (κ2) is 12.9. The standard InChI is InChI=1S/C28H45N3O6/c1-19-7-6-8-22-23(10-9-19)24(22)18-37-27(35)29-12-11-26(34)31-14-13-30(16-25(33)28(3,4)5)21(15-31)17-36-20(2)32/h7,21-24H,6,8-18H2,1-5H3,(H,29,35)/b19-7+/t21?,22-,23+,24-/m0/s1. The number of rotatable bonds is 9. The summed E-state index contributed by atoms with van der Waals surface area (Å²) in [5.41, 5.74) is 0.996. The Labute approximate surface area is 221 Å². The molecule has 0 bridgehead atoms. The number of esters is 1. The van der Waals surface area contributed by atoms with E-state index in [2.05, 4.69) is 18.3 Å². The molecule has 1 saturated heterocycles. The van der Waals surface area contributed by atoms with E-state index in [0.717, 1.165) is 12.8 Å². The van der Waals surface area contributed by atoms with E-state index in [1.54, 1.807) is 4.90 Å². The lowest BCUT2D eigenvalue weighted by Gasteiger charge is -2.41. The minimum Gasteiger partial charge on any atom is -0.464 e. The molecule has 37 heavy (non-hydrogen) atoms. The van der Waals surface area contributed by atoms with Crippen LogP contribution in [-0.4, -0.2) is 85.5 Å². The number of Topliss-reactive ketones (excluding diaryl/α,β-unsaturated/α-hetero) is 1. The maximum atomic E-state index is 12.8. The molecule has 2 amide bonds. The highest BCUT2D eigenvalue weighted by atomic mass is 16.5. The van der Waals surface area contributed by atoms with E-state index >= 15 is 0 Å². The lowest BCUT2D eigenvalue weighted by atomic mass is 9.90. The predicted octanol–water partition coefficient (Wildman–Crippen LogP) is 3.18. The van der Waals surface area contributed by atoms with Crippen molar-refractivity contribution in [2.24, 2.45) is 23.2 Å². The molecule has 1 heterocycles. The predicted molar refractivity (Wildman–Crippen MR) is 140 cm³/mol. The van der Waals surface area contributed by atoms with Crippen molar-refractivity contribution in [1.29, 1.82) is 0 Å². The Bertz CT molecular complexity index is 880. The van der Waals surface area contributed by atoms with Crippen LogP contribution in [0, 0.1) is 23.2 Å². The number of ketones is 1. The van der Waals surface area contributed by atoms with Gasteiger partial charge in [0.15, 0.2) is 5.78 Å². The molecule has 1 unspecified atom stereocenters. The summed E-state index contributed by atoms with van der Waals surface area (Å²) in [6, 6.07) is -0.250. The zero-order chi connectivity index (χ0) is 27.2. The SMILES string of the molecule is CC(=O)OCC1CN(C(=O)CCNC(=O)OC[C@@H]2[C@@H]3CC/C(C)=C/CC[C@@H]32)CCN1CC(=O)C(C)(C)C. The molecule has 2 fully saturated rings. The third kappa shape index (κ3) is 8.83. The average molecular weight is 520 g/mol. The number of piperazine rings is 1. The normalized spacial score (nSPS) is 27.6. The quantitative estimate of drug-likeness (QED) is 0.368. The number of nitrogens with zero attached hydrogens (tertiary/aromatic N) is 2. The Balaban J connectivity index is 1.38. The summed E-state index contributed by atoms with van der Waals surface area (Å²) in [4.78, 5) is 52.7. The van der Waals surface area contributed by atoms with Gasteiger partial charge in [-0.2, -0.15) is 0 Å². The van der Waals surface area contributed by atoms with Crippen molar-refractivity contribution in [2.45, 2.75) is 72.8 Å². The van der Waals surface area contributed by atoms with Crippen LogP contribution in [0.3, 0.4) is 0 Å². The molecule has 208 valence electrons. The first kappa shape index (κ1) is 29.1. The first-order valence-corrected chi connectivity index (χ1v) is 13.7. The van der Waals surface area contributed by atoms with Crippen molar-refractivity contribution in [3.05, 3.63) is 11.6 Å². The molecule has 9 nitrogen and oxygen atoms in total. The molecule has 0 aromatic heterocycles. The van der Waals surface area contributed by atoms with Crippen LogP contribution in [0.2, 0.25) is 0 Å². The number of carbonyl (C=O) groups excluding carboxylic acids is 4. The van der Waals surface area contributed by atoms with Crippen LogP contribution in [0.1, 0.15) is 66.7 Å². The van der Waals surface area contributed by atoms with Gasteiger partial charge in [-0.3, -0.25) is 19.3 Å². The van der Waals surface area contributed by atoms with Crippen molar-refractivity contribution in [1.82, 2.24) is 15.1 Å². The molecule has 3 aliphatic rings. The maximum absolute atomic E-state index is 12.8. The summed E-state index contributed by atoms with van der Waals surface area (Å²) in [7, 11) is 0. The minimum absolute atomic E-state index is 0.0847. The zero-order valence-corrected chi connectivity index (χ0v) is 23.2. The average Bonchev–Trinajstić information content (AvgIpc) is 3.48. The Kier molecular flexibility index (Phi) is 10.2. The lowest BCUT2D eigenvalue weighted by Crippen LogP contribution is -2.58. The molecular formula is C28H45N3O6. The van der Waals surface area contributed by atoms with Crippen LogP contribution in [0.4, 0.5) is 4.79 Å². The number of alkyl carbamates (subject to hydrolysis) is 1. The third-order valence-corrected chi connectivity index (χ3v) is 8.01. The van der Waals surface area contributed by atoms with Gasteiger partial charge in [-0.25, -0.2) is 4.79 Å². The highest BCUT2D eigenvalue weighted by Gasteiger charge is 2.49. The third-order valence-electron chi connectivity index (χ3n) is 8.01. The van der Waals surface area contributed by atoms with Gasteiger partial charge in [0.25, 0.3) is 0 Å². The fraction of sp³-hybridized carbons (Fsp3) is 0.786. The van der Waals surface area contributed by atoms with Crippen molar-refractivity contribution < 1.29 is 28.7 Å². The largest absolute Gasteiger partial charge is 0.464 e. The van der Waals surface area contributed by atoms with Crippen LogP contribution in [0.25, 0.3) is 0 Å². The first-order valence-electron chi connectivity index (χ1n) is 13.7. The summed E-state index contributed by atoms with van der Waals surface area (Å²) >= 11 is 0. The molecule has 2 aliphatic carbocycles. The minimum atomic E-state index is -0.473. The Hall–Kier alpha value is -2.42. The van der Waals surface area contributed by atoms with Gasteiger partial charge in [0.2, 0.25) is 5.91 Å². The fourth-order valence-electron chi connectivity index (χ4n) is 5.42. The highest BCUT2D eigenvalue weighted by molar-refractivity contribution is 5.85. The molecule has 1 N–H and O–H groups in total. The van der Waals surface area contributed by atoms with Gasteiger partial charge in [-0.1, -0.05) is 32.4 Å². The van der Waals surface area contributed by atoms with Gasteiger partial charge >= 0.3 is 12.1 Å². The lowest BCUT2D eigenvalue weighted by molar-refractivity contribution is -0.145. The molecule has 0 radical (unpaired) electrons. The molecule has 0 aromatic carbocycles. The number of carbonyl (C=O) groups is 4. The van der Waals surface area contributed by atoms with Gasteiger partial charge in [-0.05, 0) is 50.4 Å². The Morgan fingerprint density at radius 1 is 1.05 bits per heavy atom. The number of nitrogens with one attached hydrogen (secondary N) is 1. The number of allylic oxidation sites excluding steroid dienone is 2. The number of fused-ring (bicyclic) bond motifs is 1. The summed E-state index contributed by atoms with van der Waals surface area (Å²) in [6.07, 6.45) is 6.61. The van der Waals surface area contributed by atoms with E-state index in [1.165, 1.54) is 25.3 Å². The van der Waals surface area contributed by atoms with Crippen molar-refractivity contribution in [2.75, 3.05) is 45.9 Å². The molecular weight excluding hydrogens is 474 g/mol. The summed E-state index contributed by atoms with van der Waals surface area (Å²) in [5, 5.41) is 2.71. The van der Waals surface area contributed by atoms with E-state index in [9.17, 15) is 19.2 Å². The van der Waals surface area contributed by atoms with E-state index in [0.29, 0.717) is 44.0 Å². The monoisotopic (exact) mass is 519 g/mol. The number of ether oxygens (including phenoxy) is 2. The Morgan fingerprint density at radius 2 is 1.78 bits per heavy atom. The number of hydrogen-bond acceptors (Lipinski definition) is 7. The molecule has 9 heteroatoms. The molecule has 0 aromatic rings. The summed E-state index contributed by atoms with van der Waals surface area (Å²) < 4.78 is 10.7. The van der Waals surface area contributed by atoms with Gasteiger partial charge in [0.05, 0.1) is 19.2 Å². The molecule has 1 aliphatic heterocycles. The van der Waals surface area contributed by atoms with Crippen molar-refractivity contribution >= 4 is 23.8 Å². The highest BCUT2D eigenvalue weighted by Crippen LogP contribution is 2.53. The van der Waals surface area contributed by atoms with Crippen molar-refractivity contribution in [3.8, 4) is 0 Å². The maximum Gasteiger partial charge on any atom is 0.407 e. The molecule has 1 saturated carbocycles. The first-order chi connectivity index (χ1) is 17.5. The van der Waals surface area contributed by atoms with Crippen LogP contribution >= 0.6 is 0 Å². The second-order valence-electron chi connectivity index (χ2n) is 11.9. The number of hydrogen-bond donors (Lipinski definition) is 1. The van der Waals surface area contributed by atoms with Gasteiger partial charge in [0.1, 0.15) is 6.61 Å². The van der Waals surface area contributed by atoms with E-state index in [4.69, 9.17) is 9.47 Å². The van der Waals surface area contributed by atoms with Crippen LogP contribution in [0.15, 0.2) is 11.6 Å². The topological polar surface area (TPSA) is 105 Å². The van der Waals surface area contributed by atoms with Crippen LogP contribution < -0.4 is 5.32 Å². The van der Waals surface area contributed by atoms with Crippen LogP contribution in [-0.2, 0) is 23.9 Å². The molecule has 3 rings (SSSR count). The summed E-state index contributed by atoms with van der Waals surface area (Å²) in [5.74, 6) is 1.41. The van der Waals surface area contributed by atoms with Gasteiger partial charge in [0, 0.05) is 44.9 Å². The number of amides is 2. The van der Waals surface area contributed by atoms with E-state index in [-0.39, 0.29) is 43.8 Å².